The van der Waals surface area contributed by atoms with Crippen LogP contribution in [0.25, 0.3) is 12.2 Å². The van der Waals surface area contributed by atoms with Crippen molar-refractivity contribution in [2.45, 2.75) is 156 Å². The van der Waals surface area contributed by atoms with E-state index >= 15 is 34.7 Å². The molecule has 15 aliphatic rings. The van der Waals surface area contributed by atoms with E-state index in [1.807, 2.05) is 91.8 Å². The molecule has 4 amide bonds. The zero-order chi connectivity index (χ0) is 46.7. The maximum atomic E-state index is 16.8. The number of nitrogens with zero attached hydrogens (tertiary/aromatic N) is 3. The molecule has 14 atom stereocenters. The predicted molar refractivity (Wildman–Crippen MR) is 240 cm³/mol. The van der Waals surface area contributed by atoms with Crippen LogP contribution in [0.1, 0.15) is 116 Å². The molecule has 2 aromatic rings. The van der Waals surface area contributed by atoms with Crippen LogP contribution in [-0.2, 0) is 30.2 Å². The lowest BCUT2D eigenvalue weighted by Gasteiger charge is -2.72. The summed E-state index contributed by atoms with van der Waals surface area (Å²) < 4.78 is 13.1. The third-order valence-corrected chi connectivity index (χ3v) is 21.2. The fourth-order valence-corrected chi connectivity index (χ4v) is 19.5. The predicted octanol–water partition coefficient (Wildman–Crippen LogP) is 2.26. The first-order valence-corrected chi connectivity index (χ1v) is 24.7. The van der Waals surface area contributed by atoms with Crippen LogP contribution >= 0.6 is 0 Å². The molecule has 15 nitrogen and oxygen atoms in total. The summed E-state index contributed by atoms with van der Waals surface area (Å²) in [6, 6.07) is 3.88. The minimum Gasteiger partial charge on any atom is -0.629 e. The van der Waals surface area contributed by atoms with Gasteiger partial charge in [-0.25, -0.2) is 0 Å². The average molecular weight is 911 g/mol. The SMILES string of the molecule is CC1(C)C=Cc2c(ccc3c2[NH+]([O-])C2C(C)(C)C4CC56CCCN5C(=O)C45C(C32O)C23c4ccc7c(c4[NH+]([O-])C2C(C)(C)C2CC48CCCN4C(=O)C2(NC8=O)C3N5C6=O)C=CC(C)(C)O7)O1. The van der Waals surface area contributed by atoms with Crippen LogP contribution in [0.4, 0.5) is 11.4 Å². The summed E-state index contributed by atoms with van der Waals surface area (Å²) in [5, 5.41) is 50.8. The van der Waals surface area contributed by atoms with E-state index in [2.05, 4.69) is 5.32 Å². The molecule has 11 fully saturated rings. The van der Waals surface area contributed by atoms with Crippen molar-refractivity contribution in [3.05, 3.63) is 69.1 Å². The Kier molecular flexibility index (Phi) is 6.48. The summed E-state index contributed by atoms with van der Waals surface area (Å²) in [6.07, 6.45) is 10.3. The largest absolute Gasteiger partial charge is 0.629 e. The second-order valence-corrected chi connectivity index (χ2v) is 25.2. The molecular weight excluding hydrogens is 853 g/mol. The lowest BCUT2D eigenvalue weighted by molar-refractivity contribution is -0.827. The Morgan fingerprint density at radius 1 is 0.687 bits per heavy atom. The molecule has 17 rings (SSSR count). The number of aliphatic hydroxyl groups is 1. The number of piperidine rings is 4. The fraction of sp³-hybridized carbons (Fsp3) is 0.615. The Morgan fingerprint density at radius 3 is 1.87 bits per heavy atom. The topological polar surface area (TPSA) is 184 Å². The van der Waals surface area contributed by atoms with Gasteiger partial charge >= 0.3 is 0 Å². The Labute approximate surface area is 388 Å². The molecule has 0 aromatic heterocycles. The van der Waals surface area contributed by atoms with E-state index in [-0.39, 0.29) is 40.2 Å². The van der Waals surface area contributed by atoms with Gasteiger partial charge in [-0.1, -0.05) is 27.7 Å². The van der Waals surface area contributed by atoms with E-state index in [1.165, 1.54) is 0 Å². The monoisotopic (exact) mass is 910 g/mol. The second kappa shape index (κ2) is 10.8. The quantitative estimate of drug-likeness (QED) is 0.288. The number of hydroxylamine groups is 2. The van der Waals surface area contributed by atoms with Gasteiger partial charge in [-0.3, -0.25) is 19.2 Å². The number of quaternary nitrogens is 2. The molecular formula is C52H58N6O9. The van der Waals surface area contributed by atoms with Crippen LogP contribution in [-0.4, -0.2) is 108 Å². The number of carbonyl (C=O) groups excluding carboxylic acids is 4. The van der Waals surface area contributed by atoms with Crippen molar-refractivity contribution < 1.29 is 43.9 Å². The first kappa shape index (κ1) is 40.1. The smallest absolute Gasteiger partial charge is 0.251 e. The van der Waals surface area contributed by atoms with Crippen LogP contribution in [0, 0.1) is 39.0 Å². The molecule has 15 heteroatoms. The summed E-state index contributed by atoms with van der Waals surface area (Å²) in [5.74, 6) is -2.83. The van der Waals surface area contributed by atoms with Gasteiger partial charge in [0.05, 0.1) is 28.1 Å². The summed E-state index contributed by atoms with van der Waals surface area (Å²) in [4.78, 5) is 70.4. The molecule has 2 aromatic carbocycles. The number of ether oxygens (including phenoxy) is 2. The number of benzene rings is 2. The van der Waals surface area contributed by atoms with Gasteiger partial charge in [-0.05, 0) is 115 Å². The van der Waals surface area contributed by atoms with Crippen LogP contribution in [0.2, 0.25) is 0 Å². The number of rotatable bonds is 0. The highest BCUT2D eigenvalue weighted by Gasteiger charge is 2.99. The van der Waals surface area contributed by atoms with E-state index in [4.69, 9.17) is 9.47 Å². The summed E-state index contributed by atoms with van der Waals surface area (Å²) in [7, 11) is 0. The minimum absolute atomic E-state index is 0.204. The molecule has 5 spiro atoms. The normalized spacial score (nSPS) is 47.4. The van der Waals surface area contributed by atoms with Crippen LogP contribution in [0.3, 0.4) is 0 Å². The van der Waals surface area contributed by atoms with Crippen molar-refractivity contribution in [1.82, 2.24) is 20.0 Å². The number of hydrogen-bond donors (Lipinski definition) is 4. The van der Waals surface area contributed by atoms with Gasteiger partial charge in [-0.2, -0.15) is 0 Å². The summed E-state index contributed by atoms with van der Waals surface area (Å²) >= 11 is 0. The van der Waals surface area contributed by atoms with Gasteiger partial charge < -0.3 is 55.1 Å². The molecule has 4 bridgehead atoms. The standard InChI is InChI=1S/C52H58N6O9/c1-43(2)19-15-25-29(66-43)13-11-27-33(25)57(64)36-45(5,6)31-23-47-17-9-21-54(47)41(61)50(31,53-39(47)59)38-49(27,36)35-51-32(24-48(40(60)56(38)51)18-10-22-55(48)42(51)62)46(7,8)37-52(35,63)28-12-14-30-26(34(28)58(37)65)16-20-44(3,4)67-30/h11-16,19-20,31-32,35-38,57-58,63H,9-10,17-18,21-24H2,1-8H3,(H,53,59). The highest BCUT2D eigenvalue weighted by Crippen LogP contribution is 2.82. The van der Waals surface area contributed by atoms with Crippen LogP contribution in [0.5, 0.6) is 11.5 Å². The third-order valence-electron chi connectivity index (χ3n) is 21.2. The zero-order valence-corrected chi connectivity index (χ0v) is 39.3. The third kappa shape index (κ3) is 3.60. The molecule has 14 unspecified atom stereocenters. The van der Waals surface area contributed by atoms with Crippen molar-refractivity contribution in [2.75, 3.05) is 13.1 Å². The van der Waals surface area contributed by atoms with Crippen molar-refractivity contribution in [3.63, 3.8) is 0 Å². The molecule has 0 radical (unpaired) electrons. The maximum absolute atomic E-state index is 16.8. The lowest BCUT2D eigenvalue weighted by atomic mass is 9.35. The average Bonchev–Trinajstić information content (AvgIpc) is 4.05. The van der Waals surface area contributed by atoms with Gasteiger partial charge in [-0.15, -0.1) is 0 Å². The van der Waals surface area contributed by atoms with Gasteiger partial charge in [0.15, 0.2) is 5.60 Å². The van der Waals surface area contributed by atoms with Gasteiger partial charge in [0.2, 0.25) is 17.7 Å². The van der Waals surface area contributed by atoms with Crippen molar-refractivity contribution in [3.8, 4) is 11.5 Å². The summed E-state index contributed by atoms with van der Waals surface area (Å²) in [5.41, 5.74) is -10.9. The lowest BCUT2D eigenvalue weighted by Crippen LogP contribution is -3.12. The Morgan fingerprint density at radius 2 is 1.22 bits per heavy atom. The zero-order valence-electron chi connectivity index (χ0n) is 39.3. The Bertz CT molecular complexity index is 2930. The molecule has 9 saturated heterocycles. The van der Waals surface area contributed by atoms with Gasteiger partial charge in [0.25, 0.3) is 5.91 Å². The van der Waals surface area contributed by atoms with Crippen molar-refractivity contribution >= 4 is 47.2 Å². The second-order valence-electron chi connectivity index (χ2n) is 25.2. The van der Waals surface area contributed by atoms with Crippen molar-refractivity contribution in [2.24, 2.45) is 28.6 Å². The molecule has 13 heterocycles. The molecule has 4 N–H and O–H groups in total. The number of fused-ring (bicyclic) bond motifs is 10. The molecule has 67 heavy (non-hydrogen) atoms. The number of amides is 4. The number of piperazine rings is 2. The molecule has 13 aliphatic heterocycles. The Hall–Kier alpha value is -4.80. The molecule has 2 aliphatic carbocycles. The molecule has 350 valence electrons. The van der Waals surface area contributed by atoms with E-state index in [0.29, 0.717) is 90.3 Å². The highest BCUT2D eigenvalue weighted by molar-refractivity contribution is 6.11. The van der Waals surface area contributed by atoms with Crippen molar-refractivity contribution in [1.29, 1.82) is 0 Å². The van der Waals surface area contributed by atoms with E-state index in [0.717, 1.165) is 0 Å². The summed E-state index contributed by atoms with van der Waals surface area (Å²) in [6.45, 7) is 16.5. The van der Waals surface area contributed by atoms with E-state index < -0.39 is 91.1 Å². The van der Waals surface area contributed by atoms with Crippen LogP contribution < -0.4 is 24.9 Å². The number of carbonyl (C=O) groups is 4. The van der Waals surface area contributed by atoms with Gasteiger partial charge in [0.1, 0.15) is 68.3 Å². The first-order valence-electron chi connectivity index (χ1n) is 24.7. The van der Waals surface area contributed by atoms with Gasteiger partial charge in [0, 0.05) is 47.2 Å². The van der Waals surface area contributed by atoms with E-state index in [1.54, 1.807) is 26.8 Å². The number of nitrogens with one attached hydrogen (secondary N) is 3. The highest BCUT2D eigenvalue weighted by atomic mass is 16.5. The maximum Gasteiger partial charge on any atom is 0.251 e. The van der Waals surface area contributed by atoms with Crippen LogP contribution in [0.15, 0.2) is 36.4 Å². The Balaban J connectivity index is 1.14. The molecule has 2 saturated carbocycles. The number of hydrogen-bond acceptors (Lipinski definition) is 9. The first-order chi connectivity index (χ1) is 31.5. The van der Waals surface area contributed by atoms with E-state index in [9.17, 15) is 0 Å². The fourth-order valence-electron chi connectivity index (χ4n) is 19.5. The minimum atomic E-state index is -2.19.